The molecule has 12 aromatic carbocycles. The molecule has 0 fully saturated rings. The van der Waals surface area contributed by atoms with Crippen molar-refractivity contribution < 1.29 is 45.2 Å². The van der Waals surface area contributed by atoms with Crippen molar-refractivity contribution in [1.29, 1.82) is 0 Å². The van der Waals surface area contributed by atoms with Crippen LogP contribution in [0, 0.1) is 11.6 Å². The highest BCUT2D eigenvalue weighted by Crippen LogP contribution is 2.25. The molecule has 436 valence electrons. The van der Waals surface area contributed by atoms with Gasteiger partial charge in [0, 0.05) is 54.6 Å². The van der Waals surface area contributed by atoms with E-state index >= 15 is 0 Å². The number of ketones is 2. The van der Waals surface area contributed by atoms with Crippen molar-refractivity contribution in [2.24, 2.45) is 0 Å². The van der Waals surface area contributed by atoms with Crippen LogP contribution in [-0.2, 0) is 0 Å². The minimum absolute atomic E-state index is 0.131. The second-order valence-corrected chi connectivity index (χ2v) is 20.4. The first-order chi connectivity index (χ1) is 43.9. The Hall–Kier alpha value is -12.4. The van der Waals surface area contributed by atoms with Gasteiger partial charge in [0.15, 0.2) is 27.9 Å². The van der Waals surface area contributed by atoms with Gasteiger partial charge in [-0.25, -0.2) is 8.78 Å². The Morgan fingerprint density at radius 3 is 0.556 bits per heavy atom. The lowest BCUT2D eigenvalue weighted by atomic mass is 10.0. The molecule has 25 aromatic rings. The summed E-state index contributed by atoms with van der Waals surface area (Å²) in [5.41, 5.74) is 7.07. The maximum atomic E-state index is 13.3. The van der Waals surface area contributed by atoms with Gasteiger partial charge in [0.25, 0.3) is 0 Å². The standard InChI is InChI=1S/C51H32O8.C26H16F2O3/c52-49-33-1-13-39(14-2-33)55-40-15-3-34(4-16-40)50(53)36-7-19-42(20-8-36)57-46-27-31-48(32-28-46)59-44-23-11-38(12-24-44)51(54)37-9-21-43(22-10-37)58-47-29-25-45(26-30-47)56-41-17-5-35(49)6-18-41;27-21-9-1-17(2-10-21)25(29)19-5-13-23(14-6-19)31-24-15-7-20(8-16-24)26(30)18-3-11-22(28)12-4-18/h1-32H;1-16H. The van der Waals surface area contributed by atoms with E-state index in [1.54, 1.807) is 243 Å². The van der Waals surface area contributed by atoms with Gasteiger partial charge < -0.3 is 26.8 Å². The van der Waals surface area contributed by atoms with E-state index in [-0.39, 0.29) is 27.9 Å². The maximum Gasteiger partial charge on any atom is 0.193 e. The number of ether oxygens (including phenoxy) is 1. The van der Waals surface area contributed by atoms with Gasteiger partial charge in [-0.3, -0.25) is 24.0 Å². The summed E-state index contributed by atoms with van der Waals surface area (Å²) in [6, 6.07) is 79.8. The first-order valence-electron chi connectivity index (χ1n) is 28.2. The van der Waals surface area contributed by atoms with E-state index in [1.165, 1.54) is 48.5 Å². The van der Waals surface area contributed by atoms with Crippen molar-refractivity contribution in [3.63, 3.8) is 0 Å². The van der Waals surface area contributed by atoms with Crippen molar-refractivity contribution in [3.05, 3.63) is 356 Å². The SMILES string of the molecule is O=C(c1ccc(F)cc1)c1ccc(Oc2ccc(C(=O)c3ccc(F)cc3)cc2)cc1.O=c1c2ccc(cc2)oc2ccc(cc2)oc2ccc(cc2)c(=O)c2ccc(cc2)oc2ccc(cc2)c(=O)c2ccc(cc2)oc2ccc(cc2)oc2ccc1cc2. The van der Waals surface area contributed by atoms with Gasteiger partial charge in [-0.1, -0.05) is 0 Å². The second-order valence-electron chi connectivity index (χ2n) is 20.4. The average Bonchev–Trinajstić information content (AvgIpc) is 2.79. The summed E-state index contributed by atoms with van der Waals surface area (Å²) >= 11 is 0. The lowest BCUT2D eigenvalue weighted by molar-refractivity contribution is 0.103. The largest absolute Gasteiger partial charge is 0.457 e. The van der Waals surface area contributed by atoms with E-state index in [2.05, 4.69) is 0 Å². The Kier molecular flexibility index (Phi) is 17.1. The minimum Gasteiger partial charge on any atom is -0.457 e. The Morgan fingerprint density at radius 1 is 0.222 bits per heavy atom. The summed E-state index contributed by atoms with van der Waals surface area (Å²) in [4.78, 5) is 64.7. The van der Waals surface area contributed by atoms with Gasteiger partial charge in [0.1, 0.15) is 79.0 Å². The predicted octanol–water partition coefficient (Wildman–Crippen LogP) is 18.8. The molecule has 0 N–H and O–H groups in total. The second kappa shape index (κ2) is 26.5. The third-order valence-electron chi connectivity index (χ3n) is 14.2. The summed E-state index contributed by atoms with van der Waals surface area (Å²) in [6.45, 7) is 0. The van der Waals surface area contributed by atoms with Crippen LogP contribution in [-0.4, -0.2) is 11.6 Å². The molecule has 0 radical (unpaired) electrons. The normalized spacial score (nSPS) is 10.8. The summed E-state index contributed by atoms with van der Waals surface area (Å²) in [5, 5.41) is 3.07. The van der Waals surface area contributed by atoms with E-state index in [0.717, 1.165) is 0 Å². The fourth-order valence-electron chi connectivity index (χ4n) is 9.40. The van der Waals surface area contributed by atoms with Crippen LogP contribution in [0.15, 0.2) is 328 Å². The molecule has 13 heterocycles. The van der Waals surface area contributed by atoms with Gasteiger partial charge in [0.05, 0.1) is 0 Å². The average molecular weight is 1190 g/mol. The molecule has 0 spiro atoms. The minimum atomic E-state index is -0.398. The number of halogens is 2. The third kappa shape index (κ3) is 14.3. The molecule has 25 rings (SSSR count). The summed E-state index contributed by atoms with van der Waals surface area (Å²) in [7, 11) is 0. The van der Waals surface area contributed by atoms with Crippen molar-refractivity contribution in [1.82, 2.24) is 0 Å². The molecule has 0 amide bonds. The van der Waals surface area contributed by atoms with E-state index in [1.807, 2.05) is 0 Å². The van der Waals surface area contributed by atoms with Gasteiger partial charge >= 0.3 is 0 Å². The molecular formula is C77H48F2O11. The van der Waals surface area contributed by atoms with E-state index < -0.39 is 11.6 Å². The predicted molar refractivity (Wildman–Crippen MR) is 347 cm³/mol. The molecule has 0 aliphatic carbocycles. The van der Waals surface area contributed by atoms with Crippen LogP contribution in [0.25, 0.3) is 88.1 Å². The highest BCUT2D eigenvalue weighted by molar-refractivity contribution is 6.09. The monoisotopic (exact) mass is 1190 g/mol. The molecule has 11 nitrogen and oxygen atoms in total. The fourth-order valence-corrected chi connectivity index (χ4v) is 9.40. The van der Waals surface area contributed by atoms with Gasteiger partial charge in [-0.2, -0.15) is 0 Å². The highest BCUT2D eigenvalue weighted by Gasteiger charge is 2.12. The van der Waals surface area contributed by atoms with Crippen LogP contribution in [0.1, 0.15) is 31.8 Å². The van der Waals surface area contributed by atoms with Crippen molar-refractivity contribution in [2.45, 2.75) is 0 Å². The number of hydrogen-bond donors (Lipinski definition) is 0. The quantitative estimate of drug-likeness (QED) is 0.146. The van der Waals surface area contributed by atoms with Gasteiger partial charge in [0.2, 0.25) is 0 Å². The van der Waals surface area contributed by atoms with Crippen molar-refractivity contribution in [2.75, 3.05) is 0 Å². The molecule has 0 saturated carbocycles. The first kappa shape index (κ1) is 58.1. The zero-order valence-electron chi connectivity index (χ0n) is 47.5. The molecule has 0 aliphatic heterocycles. The topological polar surface area (TPSA) is 160 Å². The Balaban J connectivity index is 0.000000213. The van der Waals surface area contributed by atoms with E-state index in [9.17, 15) is 32.8 Å². The Bertz CT molecular complexity index is 4970. The molecule has 0 saturated heterocycles. The number of hydrogen-bond acceptors (Lipinski definition) is 11. The van der Waals surface area contributed by atoms with Gasteiger partial charge in [-0.15, -0.1) is 0 Å². The number of carbonyl (C=O) groups excluding carboxylic acids is 2. The van der Waals surface area contributed by atoms with Crippen LogP contribution >= 0.6 is 0 Å². The van der Waals surface area contributed by atoms with Crippen LogP contribution in [0.3, 0.4) is 0 Å². The number of rotatable bonds is 6. The molecule has 16 bridgehead atoms. The lowest BCUT2D eigenvalue weighted by Crippen LogP contribution is -2.01. The molecule has 0 aliphatic rings. The molecular weight excluding hydrogens is 1140 g/mol. The molecule has 90 heavy (non-hydrogen) atoms. The summed E-state index contributed by atoms with van der Waals surface area (Å²) in [5.74, 6) is -0.177. The molecule has 13 aromatic heterocycles. The van der Waals surface area contributed by atoms with Crippen LogP contribution in [0.2, 0.25) is 0 Å². The number of carbonyl (C=O) groups is 2. The zero-order valence-corrected chi connectivity index (χ0v) is 47.5. The molecule has 0 atom stereocenters. The zero-order chi connectivity index (χ0) is 61.9. The lowest BCUT2D eigenvalue weighted by Gasteiger charge is -2.08. The van der Waals surface area contributed by atoms with Gasteiger partial charge in [-0.05, 0) is 291 Å². The summed E-state index contributed by atoms with van der Waals surface area (Å²) in [6.07, 6.45) is 0. The Labute approximate surface area is 509 Å². The third-order valence-corrected chi connectivity index (χ3v) is 14.2. The van der Waals surface area contributed by atoms with E-state index in [4.69, 9.17) is 26.8 Å². The van der Waals surface area contributed by atoms with E-state index in [0.29, 0.717) is 122 Å². The van der Waals surface area contributed by atoms with Crippen molar-refractivity contribution in [3.8, 4) is 11.5 Å². The smallest absolute Gasteiger partial charge is 0.193 e. The van der Waals surface area contributed by atoms with Crippen LogP contribution in [0.4, 0.5) is 8.78 Å². The highest BCUT2D eigenvalue weighted by atomic mass is 19.1. The van der Waals surface area contributed by atoms with Crippen LogP contribution < -0.4 is 21.0 Å². The summed E-state index contributed by atoms with van der Waals surface area (Å²) < 4.78 is 61.9. The van der Waals surface area contributed by atoms with Crippen molar-refractivity contribution >= 4 is 99.7 Å². The Morgan fingerprint density at radius 2 is 0.378 bits per heavy atom. The molecule has 13 heteroatoms. The van der Waals surface area contributed by atoms with Crippen LogP contribution in [0.5, 0.6) is 11.5 Å². The fraction of sp³-hybridized carbons (Fsp3) is 0. The molecule has 0 unspecified atom stereocenters. The maximum absolute atomic E-state index is 13.3. The number of benzene rings is 12. The first-order valence-corrected chi connectivity index (χ1v) is 28.2.